The molecule has 0 atom stereocenters. The highest BCUT2D eigenvalue weighted by Gasteiger charge is 2.19. The third kappa shape index (κ3) is 5.23. The van der Waals surface area contributed by atoms with E-state index >= 15 is 0 Å². The van der Waals surface area contributed by atoms with Crippen LogP contribution in [0.25, 0.3) is 5.69 Å². The van der Waals surface area contributed by atoms with Gasteiger partial charge in [0.1, 0.15) is 0 Å². The smallest absolute Gasteiger partial charge is 0.238 e. The predicted octanol–water partition coefficient (Wildman–Crippen LogP) is 3.28. The zero-order chi connectivity index (χ0) is 20.1. The number of hydrogen-bond donors (Lipinski definition) is 1. The molecule has 4 rings (SSSR count). The molecule has 29 heavy (non-hydrogen) atoms. The van der Waals surface area contributed by atoms with Crippen molar-refractivity contribution in [3.8, 4) is 5.69 Å². The lowest BCUT2D eigenvalue weighted by Crippen LogP contribution is -2.48. The first-order valence-corrected chi connectivity index (χ1v) is 10.1. The molecule has 1 amide bonds. The van der Waals surface area contributed by atoms with E-state index in [9.17, 15) is 4.79 Å². The zero-order valence-corrected chi connectivity index (χ0v) is 16.9. The maximum Gasteiger partial charge on any atom is 0.238 e. The van der Waals surface area contributed by atoms with Crippen LogP contribution in [0.1, 0.15) is 5.56 Å². The van der Waals surface area contributed by atoms with Crippen molar-refractivity contribution in [1.29, 1.82) is 0 Å². The monoisotopic (exact) mass is 409 g/mol. The summed E-state index contributed by atoms with van der Waals surface area (Å²) < 4.78 is 1.86. The van der Waals surface area contributed by atoms with Crippen LogP contribution in [0.4, 0.5) is 5.69 Å². The van der Waals surface area contributed by atoms with Gasteiger partial charge in [-0.15, -0.1) is 0 Å². The summed E-state index contributed by atoms with van der Waals surface area (Å²) >= 11 is 6.11. The van der Waals surface area contributed by atoms with Gasteiger partial charge in [-0.05, 0) is 35.9 Å². The summed E-state index contributed by atoms with van der Waals surface area (Å²) in [5.74, 6) is -0.0271. The second-order valence-electron chi connectivity index (χ2n) is 7.20. The van der Waals surface area contributed by atoms with Gasteiger partial charge in [-0.25, -0.2) is 4.68 Å². The number of hydrogen-bond acceptors (Lipinski definition) is 4. The number of nitrogens with zero attached hydrogens (tertiary/aromatic N) is 4. The average Bonchev–Trinajstić information content (AvgIpc) is 3.27. The molecule has 3 aromatic rings. The van der Waals surface area contributed by atoms with E-state index in [0.29, 0.717) is 17.3 Å². The van der Waals surface area contributed by atoms with Crippen LogP contribution >= 0.6 is 11.6 Å². The molecule has 2 aromatic carbocycles. The van der Waals surface area contributed by atoms with Crippen molar-refractivity contribution in [1.82, 2.24) is 19.6 Å². The first-order valence-electron chi connectivity index (χ1n) is 9.75. The third-order valence-electron chi connectivity index (χ3n) is 5.09. The molecule has 0 bridgehead atoms. The fraction of sp³-hybridized carbons (Fsp3) is 0.273. The number of carbonyl (C=O) groups excluding carboxylic acids is 1. The molecule has 1 N–H and O–H groups in total. The van der Waals surface area contributed by atoms with Crippen molar-refractivity contribution in [3.05, 3.63) is 77.6 Å². The van der Waals surface area contributed by atoms with Crippen LogP contribution < -0.4 is 5.32 Å². The summed E-state index contributed by atoms with van der Waals surface area (Å²) in [4.78, 5) is 16.9. The van der Waals surface area contributed by atoms with Crippen LogP contribution in [0.15, 0.2) is 67.0 Å². The van der Waals surface area contributed by atoms with Crippen molar-refractivity contribution < 1.29 is 4.79 Å². The summed E-state index contributed by atoms with van der Waals surface area (Å²) in [6, 6.07) is 17.7. The van der Waals surface area contributed by atoms with Crippen molar-refractivity contribution in [3.63, 3.8) is 0 Å². The Balaban J connectivity index is 1.23. The van der Waals surface area contributed by atoms with Crippen LogP contribution in [0, 0.1) is 0 Å². The first kappa shape index (κ1) is 19.6. The minimum atomic E-state index is -0.0271. The molecule has 1 aromatic heterocycles. The fourth-order valence-electron chi connectivity index (χ4n) is 3.49. The summed E-state index contributed by atoms with van der Waals surface area (Å²) in [6.45, 7) is 4.94. The first-order chi connectivity index (χ1) is 14.2. The van der Waals surface area contributed by atoms with E-state index in [0.717, 1.165) is 38.4 Å². The van der Waals surface area contributed by atoms with Crippen LogP contribution in [0.2, 0.25) is 5.02 Å². The maximum atomic E-state index is 12.3. The predicted molar refractivity (Wildman–Crippen MR) is 115 cm³/mol. The molecule has 1 saturated heterocycles. The Morgan fingerprint density at radius 1 is 0.966 bits per heavy atom. The second kappa shape index (κ2) is 9.22. The van der Waals surface area contributed by atoms with Crippen molar-refractivity contribution in [2.75, 3.05) is 38.0 Å². The highest BCUT2D eigenvalue weighted by molar-refractivity contribution is 6.33. The molecule has 6 nitrogen and oxygen atoms in total. The number of para-hydroxylation sites is 1. The van der Waals surface area contributed by atoms with Crippen LogP contribution in [0.5, 0.6) is 0 Å². The SMILES string of the molecule is O=C(CN1CCN(Cc2ccc(-n3cccn3)cc2)CC1)Nc1ccccc1Cl. The number of benzene rings is 2. The largest absolute Gasteiger partial charge is 0.324 e. The molecule has 1 fully saturated rings. The van der Waals surface area contributed by atoms with E-state index in [4.69, 9.17) is 11.6 Å². The molecule has 0 saturated carbocycles. The quantitative estimate of drug-likeness (QED) is 0.678. The van der Waals surface area contributed by atoms with Gasteiger partial charge in [-0.2, -0.15) is 5.10 Å². The molecule has 2 heterocycles. The topological polar surface area (TPSA) is 53.4 Å². The van der Waals surface area contributed by atoms with E-state index in [1.807, 2.05) is 35.1 Å². The number of amides is 1. The lowest BCUT2D eigenvalue weighted by molar-refractivity contribution is -0.117. The number of halogens is 1. The Labute approximate surface area is 175 Å². The molecule has 0 unspecified atom stereocenters. The fourth-order valence-corrected chi connectivity index (χ4v) is 3.68. The van der Waals surface area contributed by atoms with Gasteiger partial charge >= 0.3 is 0 Å². The molecule has 150 valence electrons. The Kier molecular flexibility index (Phi) is 6.24. The van der Waals surface area contributed by atoms with E-state index in [2.05, 4.69) is 44.5 Å². The Hall–Kier alpha value is -2.67. The summed E-state index contributed by atoms with van der Waals surface area (Å²) in [5.41, 5.74) is 3.01. The van der Waals surface area contributed by atoms with E-state index < -0.39 is 0 Å². The van der Waals surface area contributed by atoms with Crippen LogP contribution in [-0.2, 0) is 11.3 Å². The van der Waals surface area contributed by atoms with Crippen LogP contribution in [-0.4, -0.2) is 58.2 Å². The van der Waals surface area contributed by atoms with Gasteiger partial charge in [0, 0.05) is 45.1 Å². The van der Waals surface area contributed by atoms with Gasteiger partial charge in [-0.3, -0.25) is 14.6 Å². The normalized spacial score (nSPS) is 15.3. The Morgan fingerprint density at radius 3 is 2.38 bits per heavy atom. The average molecular weight is 410 g/mol. The van der Waals surface area contributed by atoms with Crippen LogP contribution in [0.3, 0.4) is 0 Å². The molecular weight excluding hydrogens is 386 g/mol. The Bertz CT molecular complexity index is 934. The highest BCUT2D eigenvalue weighted by atomic mass is 35.5. The molecule has 0 radical (unpaired) electrons. The number of piperazine rings is 1. The third-order valence-corrected chi connectivity index (χ3v) is 5.42. The van der Waals surface area contributed by atoms with Gasteiger partial charge in [0.05, 0.1) is 22.9 Å². The summed E-state index contributed by atoms with van der Waals surface area (Å²) in [6.07, 6.45) is 3.72. The Morgan fingerprint density at radius 2 is 1.69 bits per heavy atom. The lowest BCUT2D eigenvalue weighted by atomic mass is 10.2. The molecular formula is C22H24ClN5O. The number of rotatable bonds is 6. The molecule has 0 spiro atoms. The van der Waals surface area contributed by atoms with E-state index in [1.165, 1.54) is 5.56 Å². The molecule has 1 aliphatic heterocycles. The standard InChI is InChI=1S/C22H24ClN5O/c23-20-4-1-2-5-21(20)25-22(29)17-27-14-12-26(13-15-27)16-18-6-8-19(9-7-18)28-11-3-10-24-28/h1-11H,12-17H2,(H,25,29). The highest BCUT2D eigenvalue weighted by Crippen LogP contribution is 2.20. The summed E-state index contributed by atoms with van der Waals surface area (Å²) in [7, 11) is 0. The lowest BCUT2D eigenvalue weighted by Gasteiger charge is -2.34. The number of nitrogens with one attached hydrogen (secondary N) is 1. The number of carbonyl (C=O) groups is 1. The zero-order valence-electron chi connectivity index (χ0n) is 16.2. The molecule has 7 heteroatoms. The molecule has 0 aliphatic carbocycles. The van der Waals surface area contributed by atoms with Crippen molar-refractivity contribution >= 4 is 23.2 Å². The maximum absolute atomic E-state index is 12.3. The van der Waals surface area contributed by atoms with E-state index in [1.54, 1.807) is 12.3 Å². The number of aromatic nitrogens is 2. The van der Waals surface area contributed by atoms with Crippen molar-refractivity contribution in [2.24, 2.45) is 0 Å². The summed E-state index contributed by atoms with van der Waals surface area (Å²) in [5, 5.41) is 7.71. The minimum absolute atomic E-state index is 0.0271. The second-order valence-corrected chi connectivity index (χ2v) is 7.60. The molecule has 1 aliphatic rings. The van der Waals surface area contributed by atoms with Gasteiger partial charge in [0.15, 0.2) is 0 Å². The van der Waals surface area contributed by atoms with E-state index in [-0.39, 0.29) is 5.91 Å². The minimum Gasteiger partial charge on any atom is -0.324 e. The van der Waals surface area contributed by atoms with Crippen molar-refractivity contribution in [2.45, 2.75) is 6.54 Å². The van der Waals surface area contributed by atoms with Gasteiger partial charge in [0.2, 0.25) is 5.91 Å². The van der Waals surface area contributed by atoms with Gasteiger partial charge in [-0.1, -0.05) is 35.9 Å². The van der Waals surface area contributed by atoms with Gasteiger partial charge in [0.25, 0.3) is 0 Å². The van der Waals surface area contributed by atoms with Gasteiger partial charge < -0.3 is 5.32 Å². The number of anilines is 1.